The molecule has 8 heteroatoms. The van der Waals surface area contributed by atoms with Crippen LogP contribution >= 0.6 is 34.5 Å². The number of thiophene rings is 1. The lowest BCUT2D eigenvalue weighted by atomic mass is 10.4. The quantitative estimate of drug-likeness (QED) is 0.773. The van der Waals surface area contributed by atoms with E-state index in [1.54, 1.807) is 13.0 Å². The lowest BCUT2D eigenvalue weighted by Gasteiger charge is -2.19. The molecule has 4 nitrogen and oxygen atoms in total. The Morgan fingerprint density at radius 1 is 1.30 bits per heavy atom. The van der Waals surface area contributed by atoms with E-state index in [2.05, 4.69) is 4.98 Å². The molecule has 0 radical (unpaired) electrons. The van der Waals surface area contributed by atoms with E-state index < -0.39 is 10.0 Å². The third-order valence-electron chi connectivity index (χ3n) is 2.65. The zero-order chi connectivity index (χ0) is 14.8. The second-order valence-electron chi connectivity index (χ2n) is 3.95. The molecular formula is C12H12Cl2N2O2S2. The molecule has 0 N–H and O–H groups in total. The van der Waals surface area contributed by atoms with Crippen LogP contribution in [0.5, 0.6) is 0 Å². The summed E-state index contributed by atoms with van der Waals surface area (Å²) in [4.78, 5) is 4.82. The zero-order valence-corrected chi connectivity index (χ0v) is 13.7. The van der Waals surface area contributed by atoms with Crippen LogP contribution in [-0.2, 0) is 16.6 Å². The topological polar surface area (TPSA) is 50.3 Å². The molecule has 108 valence electrons. The van der Waals surface area contributed by atoms with Gasteiger partial charge in [-0.25, -0.2) is 13.4 Å². The first-order valence-corrected chi connectivity index (χ1v) is 8.80. The number of hydrogen-bond donors (Lipinski definition) is 0. The number of aromatic nitrogens is 1. The van der Waals surface area contributed by atoms with Gasteiger partial charge in [-0.3, -0.25) is 0 Å². The highest BCUT2D eigenvalue weighted by Gasteiger charge is 2.24. The van der Waals surface area contributed by atoms with E-state index in [-0.39, 0.29) is 16.6 Å². The van der Waals surface area contributed by atoms with Crippen molar-refractivity contribution in [3.05, 3.63) is 44.8 Å². The van der Waals surface area contributed by atoms with E-state index >= 15 is 0 Å². The van der Waals surface area contributed by atoms with Crippen molar-refractivity contribution in [1.82, 2.24) is 9.29 Å². The van der Waals surface area contributed by atoms with E-state index in [0.29, 0.717) is 10.9 Å². The molecule has 2 aromatic heterocycles. The molecule has 0 fully saturated rings. The Kier molecular flexibility index (Phi) is 5.04. The zero-order valence-electron chi connectivity index (χ0n) is 10.6. The third-order valence-corrected chi connectivity index (χ3v) is 5.99. The maximum atomic E-state index is 12.5. The van der Waals surface area contributed by atoms with Gasteiger partial charge in [-0.05, 0) is 24.3 Å². The number of halogens is 2. The van der Waals surface area contributed by atoms with Gasteiger partial charge in [-0.15, -0.1) is 11.3 Å². The summed E-state index contributed by atoms with van der Waals surface area (Å²) in [6.45, 7) is 2.43. The maximum absolute atomic E-state index is 12.5. The van der Waals surface area contributed by atoms with Gasteiger partial charge in [0.15, 0.2) is 0 Å². The van der Waals surface area contributed by atoms with Gasteiger partial charge in [0, 0.05) is 24.2 Å². The van der Waals surface area contributed by atoms with Crippen LogP contribution in [0.2, 0.25) is 9.49 Å². The Bertz CT molecular complexity index is 701. The first kappa shape index (κ1) is 15.7. The molecular weight excluding hydrogens is 339 g/mol. The van der Waals surface area contributed by atoms with Gasteiger partial charge < -0.3 is 0 Å². The molecule has 20 heavy (non-hydrogen) atoms. The fraction of sp³-hybridized carbons (Fsp3) is 0.250. The highest BCUT2D eigenvalue weighted by Crippen LogP contribution is 2.25. The molecule has 0 saturated carbocycles. The Labute approximate surface area is 132 Å². The monoisotopic (exact) mass is 350 g/mol. The summed E-state index contributed by atoms with van der Waals surface area (Å²) in [5, 5.41) is 0.154. The van der Waals surface area contributed by atoms with Gasteiger partial charge in [-0.2, -0.15) is 4.31 Å². The van der Waals surface area contributed by atoms with Crippen molar-refractivity contribution >= 4 is 44.6 Å². The van der Waals surface area contributed by atoms with Crippen LogP contribution < -0.4 is 0 Å². The standard InChI is InChI=1S/C12H12Cl2N2O2S2/c1-2-16(8-9-3-4-12(14)19-9)20(17,18)10-5-6-15-11(13)7-10/h3-7H,2,8H2,1H3. The van der Waals surface area contributed by atoms with Crippen molar-refractivity contribution in [2.24, 2.45) is 0 Å². The van der Waals surface area contributed by atoms with Crippen molar-refractivity contribution < 1.29 is 8.42 Å². The molecule has 0 saturated heterocycles. The fourth-order valence-corrected chi connectivity index (χ4v) is 4.54. The molecule has 2 heterocycles. The summed E-state index contributed by atoms with van der Waals surface area (Å²) < 4.78 is 27.1. The first-order chi connectivity index (χ1) is 9.43. The number of pyridine rings is 1. The third kappa shape index (κ3) is 3.51. The van der Waals surface area contributed by atoms with Crippen LogP contribution in [-0.4, -0.2) is 24.3 Å². The molecule has 2 aromatic rings. The van der Waals surface area contributed by atoms with Crippen molar-refractivity contribution in [1.29, 1.82) is 0 Å². The number of sulfonamides is 1. The summed E-state index contributed by atoms with van der Waals surface area (Å²) in [5.74, 6) is 0. The second-order valence-corrected chi connectivity index (χ2v) is 8.08. The predicted molar refractivity (Wildman–Crippen MR) is 81.8 cm³/mol. The number of hydrogen-bond acceptors (Lipinski definition) is 4. The molecule has 0 aliphatic carbocycles. The Morgan fingerprint density at radius 3 is 2.60 bits per heavy atom. The van der Waals surface area contributed by atoms with E-state index in [1.807, 2.05) is 6.07 Å². The highest BCUT2D eigenvalue weighted by molar-refractivity contribution is 7.89. The van der Waals surface area contributed by atoms with Gasteiger partial charge in [-0.1, -0.05) is 30.1 Å². The summed E-state index contributed by atoms with van der Waals surface area (Å²) in [7, 11) is -3.59. The van der Waals surface area contributed by atoms with Crippen LogP contribution in [0.3, 0.4) is 0 Å². The van der Waals surface area contributed by atoms with E-state index in [0.717, 1.165) is 4.88 Å². The highest BCUT2D eigenvalue weighted by atomic mass is 35.5. The van der Waals surface area contributed by atoms with Crippen LogP contribution in [0.4, 0.5) is 0 Å². The summed E-state index contributed by atoms with van der Waals surface area (Å²) in [6, 6.07) is 6.36. The van der Waals surface area contributed by atoms with Crippen molar-refractivity contribution in [3.8, 4) is 0 Å². The van der Waals surface area contributed by atoms with Crippen LogP contribution in [0.1, 0.15) is 11.8 Å². The molecule has 0 atom stereocenters. The minimum atomic E-state index is -3.59. The van der Waals surface area contributed by atoms with E-state index in [4.69, 9.17) is 23.2 Å². The lowest BCUT2D eigenvalue weighted by Crippen LogP contribution is -2.30. The van der Waals surface area contributed by atoms with Crippen LogP contribution in [0, 0.1) is 0 Å². The molecule has 0 amide bonds. The number of nitrogens with zero attached hydrogens (tertiary/aromatic N) is 2. The number of rotatable bonds is 5. The minimum absolute atomic E-state index is 0.141. The Morgan fingerprint density at radius 2 is 2.05 bits per heavy atom. The Balaban J connectivity index is 2.30. The maximum Gasteiger partial charge on any atom is 0.243 e. The van der Waals surface area contributed by atoms with E-state index in [9.17, 15) is 8.42 Å². The molecule has 0 spiro atoms. The molecule has 0 aliphatic rings. The Hall–Kier alpha value is -0.660. The fourth-order valence-electron chi connectivity index (χ4n) is 1.67. The first-order valence-electron chi connectivity index (χ1n) is 5.79. The van der Waals surface area contributed by atoms with Gasteiger partial charge in [0.25, 0.3) is 0 Å². The summed E-state index contributed by atoms with van der Waals surface area (Å²) >= 11 is 13.0. The van der Waals surface area contributed by atoms with Crippen molar-refractivity contribution in [3.63, 3.8) is 0 Å². The van der Waals surface area contributed by atoms with Crippen molar-refractivity contribution in [2.45, 2.75) is 18.4 Å². The van der Waals surface area contributed by atoms with Gasteiger partial charge in [0.05, 0.1) is 9.23 Å². The smallest absolute Gasteiger partial charge is 0.243 e. The van der Waals surface area contributed by atoms with Crippen LogP contribution in [0.25, 0.3) is 0 Å². The molecule has 0 unspecified atom stereocenters. The van der Waals surface area contributed by atoms with Crippen LogP contribution in [0.15, 0.2) is 35.4 Å². The molecule has 0 aromatic carbocycles. The molecule has 2 rings (SSSR count). The average molecular weight is 351 g/mol. The normalized spacial score (nSPS) is 12.0. The summed E-state index contributed by atoms with van der Waals surface area (Å²) in [5.41, 5.74) is 0. The molecule has 0 aliphatic heterocycles. The van der Waals surface area contributed by atoms with Gasteiger partial charge in [0.1, 0.15) is 5.15 Å². The SMILES string of the molecule is CCN(Cc1ccc(Cl)s1)S(=O)(=O)c1ccnc(Cl)c1. The molecule has 0 bridgehead atoms. The van der Waals surface area contributed by atoms with Gasteiger partial charge >= 0.3 is 0 Å². The second kappa shape index (κ2) is 6.41. The van der Waals surface area contributed by atoms with Crippen molar-refractivity contribution in [2.75, 3.05) is 6.54 Å². The lowest BCUT2D eigenvalue weighted by molar-refractivity contribution is 0.426. The van der Waals surface area contributed by atoms with Gasteiger partial charge in [0.2, 0.25) is 10.0 Å². The average Bonchev–Trinajstić information content (AvgIpc) is 2.81. The summed E-state index contributed by atoms with van der Waals surface area (Å²) in [6.07, 6.45) is 1.38. The minimum Gasteiger partial charge on any atom is -0.244 e. The van der Waals surface area contributed by atoms with E-state index in [1.165, 1.54) is 34.0 Å². The predicted octanol–water partition coefficient (Wildman–Crippen LogP) is 3.66. The largest absolute Gasteiger partial charge is 0.244 e.